The molecule has 0 fully saturated rings. The molecule has 104 valence electrons. The molecule has 1 nitrogen and oxygen atoms in total. The molecule has 0 unspecified atom stereocenters. The summed E-state index contributed by atoms with van der Waals surface area (Å²) in [5.41, 5.74) is -1.30. The molecule has 0 saturated heterocycles. The van der Waals surface area contributed by atoms with Crippen LogP contribution in [0.3, 0.4) is 0 Å². The Balaban J connectivity index is 2.56. The average Bonchev–Trinajstić information content (AvgIpc) is 2.43. The van der Waals surface area contributed by atoms with Gasteiger partial charge in [-0.3, -0.25) is 4.79 Å². The third-order valence-corrected chi connectivity index (χ3v) is 2.82. The maximum absolute atomic E-state index is 13.4. The van der Waals surface area contributed by atoms with Crippen LogP contribution in [0.2, 0.25) is 5.02 Å². The average molecular weight is 307 g/mol. The van der Waals surface area contributed by atoms with E-state index < -0.39 is 45.5 Å². The van der Waals surface area contributed by atoms with Crippen LogP contribution in [0.4, 0.5) is 22.0 Å². The van der Waals surface area contributed by atoms with Gasteiger partial charge in [-0.05, 0) is 24.3 Å². The van der Waals surface area contributed by atoms with Gasteiger partial charge >= 0.3 is 0 Å². The highest BCUT2D eigenvalue weighted by Crippen LogP contribution is 2.23. The lowest BCUT2D eigenvalue weighted by Crippen LogP contribution is -2.09. The lowest BCUT2D eigenvalue weighted by molar-refractivity contribution is 0.103. The van der Waals surface area contributed by atoms with Crippen LogP contribution in [0.1, 0.15) is 15.9 Å². The van der Waals surface area contributed by atoms with Gasteiger partial charge in [0.15, 0.2) is 29.1 Å². The Hall–Kier alpha value is -1.95. The van der Waals surface area contributed by atoms with Crippen LogP contribution in [0.5, 0.6) is 0 Å². The number of carbonyl (C=O) groups is 1. The summed E-state index contributed by atoms with van der Waals surface area (Å²) in [6.07, 6.45) is 0. The lowest BCUT2D eigenvalue weighted by atomic mass is 10.0. The normalized spacial score (nSPS) is 10.7. The molecule has 0 N–H and O–H groups in total. The second-order valence-corrected chi connectivity index (χ2v) is 4.21. The summed E-state index contributed by atoms with van der Waals surface area (Å²) in [7, 11) is 0. The molecule has 20 heavy (non-hydrogen) atoms. The van der Waals surface area contributed by atoms with Crippen molar-refractivity contribution in [3.8, 4) is 0 Å². The third-order valence-electron chi connectivity index (χ3n) is 2.53. The van der Waals surface area contributed by atoms with Gasteiger partial charge in [-0.2, -0.15) is 0 Å². The Morgan fingerprint density at radius 1 is 0.850 bits per heavy atom. The van der Waals surface area contributed by atoms with Gasteiger partial charge in [0, 0.05) is 5.56 Å². The molecule has 0 spiro atoms. The van der Waals surface area contributed by atoms with Gasteiger partial charge in [-0.15, -0.1) is 0 Å². The summed E-state index contributed by atoms with van der Waals surface area (Å²) in [4.78, 5) is 11.9. The monoisotopic (exact) mass is 306 g/mol. The van der Waals surface area contributed by atoms with E-state index in [4.69, 9.17) is 11.6 Å². The van der Waals surface area contributed by atoms with Crippen molar-refractivity contribution < 1.29 is 26.7 Å². The first kappa shape index (κ1) is 14.5. The van der Waals surface area contributed by atoms with Crippen molar-refractivity contribution in [2.24, 2.45) is 0 Å². The highest BCUT2D eigenvalue weighted by molar-refractivity contribution is 6.31. The predicted molar refractivity (Wildman–Crippen MR) is 61.1 cm³/mol. The molecule has 0 heterocycles. The van der Waals surface area contributed by atoms with Crippen LogP contribution in [0, 0.1) is 29.1 Å². The fourth-order valence-corrected chi connectivity index (χ4v) is 1.71. The smallest absolute Gasteiger partial charge is 0.198 e. The van der Waals surface area contributed by atoms with Gasteiger partial charge in [0.1, 0.15) is 5.82 Å². The zero-order valence-corrected chi connectivity index (χ0v) is 10.2. The summed E-state index contributed by atoms with van der Waals surface area (Å²) < 4.78 is 65.2. The molecular formula is C13H4ClF5O. The number of halogens is 6. The first-order valence-electron chi connectivity index (χ1n) is 5.15. The highest BCUT2D eigenvalue weighted by atomic mass is 35.5. The van der Waals surface area contributed by atoms with Crippen LogP contribution in [0.25, 0.3) is 0 Å². The molecule has 0 radical (unpaired) electrons. The molecule has 2 aromatic carbocycles. The number of ketones is 1. The van der Waals surface area contributed by atoms with E-state index in [1.54, 1.807) is 0 Å². The van der Waals surface area contributed by atoms with Gasteiger partial charge in [0.05, 0.1) is 10.6 Å². The first-order valence-corrected chi connectivity index (χ1v) is 5.53. The van der Waals surface area contributed by atoms with Crippen LogP contribution >= 0.6 is 11.6 Å². The molecular weight excluding hydrogens is 303 g/mol. The molecule has 0 bridgehead atoms. The summed E-state index contributed by atoms with van der Waals surface area (Å²) in [5, 5.41) is -0.417. The first-order chi connectivity index (χ1) is 9.32. The van der Waals surface area contributed by atoms with E-state index in [1.165, 1.54) is 0 Å². The summed E-state index contributed by atoms with van der Waals surface area (Å²) >= 11 is 5.44. The zero-order valence-electron chi connectivity index (χ0n) is 9.49. The molecule has 7 heteroatoms. The molecule has 2 aromatic rings. The highest BCUT2D eigenvalue weighted by Gasteiger charge is 2.24. The predicted octanol–water partition coefficient (Wildman–Crippen LogP) is 4.27. The minimum atomic E-state index is -2.10. The lowest BCUT2D eigenvalue weighted by Gasteiger charge is -2.06. The van der Waals surface area contributed by atoms with E-state index in [9.17, 15) is 26.7 Å². The minimum absolute atomic E-state index is 0.230. The van der Waals surface area contributed by atoms with Gasteiger partial charge in [-0.25, -0.2) is 22.0 Å². The molecule has 0 saturated carbocycles. The van der Waals surface area contributed by atoms with Crippen molar-refractivity contribution in [1.82, 2.24) is 0 Å². The number of hydrogen-bond donors (Lipinski definition) is 0. The van der Waals surface area contributed by atoms with Crippen molar-refractivity contribution in [3.05, 3.63) is 69.5 Å². The van der Waals surface area contributed by atoms with E-state index in [-0.39, 0.29) is 11.6 Å². The molecule has 0 aromatic heterocycles. The standard InChI is InChI=1S/C13H4ClF5O/c14-7-3-5(1-2-8(7)15)13(20)6-4-9(16)11(18)12(19)10(6)17/h1-4H. The van der Waals surface area contributed by atoms with Crippen molar-refractivity contribution in [2.45, 2.75) is 0 Å². The minimum Gasteiger partial charge on any atom is -0.288 e. The van der Waals surface area contributed by atoms with Crippen LogP contribution in [0.15, 0.2) is 24.3 Å². The maximum Gasteiger partial charge on any atom is 0.198 e. The van der Waals surface area contributed by atoms with Crippen molar-refractivity contribution >= 4 is 17.4 Å². The molecule has 0 aliphatic heterocycles. The molecule has 2 rings (SSSR count). The van der Waals surface area contributed by atoms with E-state index in [1.807, 2.05) is 0 Å². The number of rotatable bonds is 2. The second-order valence-electron chi connectivity index (χ2n) is 3.81. The topological polar surface area (TPSA) is 17.1 Å². The number of carbonyl (C=O) groups excluding carboxylic acids is 1. The Morgan fingerprint density at radius 3 is 2.10 bits per heavy atom. The summed E-state index contributed by atoms with van der Waals surface area (Å²) in [6, 6.07) is 2.90. The van der Waals surface area contributed by atoms with Crippen LogP contribution < -0.4 is 0 Å². The Morgan fingerprint density at radius 2 is 1.50 bits per heavy atom. The van der Waals surface area contributed by atoms with Gasteiger partial charge in [-0.1, -0.05) is 11.6 Å². The van der Waals surface area contributed by atoms with Crippen LogP contribution in [-0.4, -0.2) is 5.78 Å². The number of benzene rings is 2. The summed E-state index contributed by atoms with van der Waals surface area (Å²) in [6.45, 7) is 0. The molecule has 0 aliphatic rings. The number of hydrogen-bond acceptors (Lipinski definition) is 1. The van der Waals surface area contributed by atoms with Crippen molar-refractivity contribution in [1.29, 1.82) is 0 Å². The molecule has 0 atom stereocenters. The van der Waals surface area contributed by atoms with Gasteiger partial charge < -0.3 is 0 Å². The van der Waals surface area contributed by atoms with E-state index in [0.29, 0.717) is 0 Å². The molecule has 0 aliphatic carbocycles. The SMILES string of the molecule is O=C(c1ccc(F)c(Cl)c1)c1cc(F)c(F)c(F)c1F. The maximum atomic E-state index is 13.4. The van der Waals surface area contributed by atoms with Gasteiger partial charge in [0.2, 0.25) is 0 Å². The third kappa shape index (κ3) is 2.38. The van der Waals surface area contributed by atoms with Crippen LogP contribution in [-0.2, 0) is 0 Å². The Bertz CT molecular complexity index is 714. The fourth-order valence-electron chi connectivity index (χ4n) is 1.53. The fraction of sp³-hybridized carbons (Fsp3) is 0. The van der Waals surface area contributed by atoms with Crippen molar-refractivity contribution in [2.75, 3.05) is 0 Å². The Labute approximate surface area is 114 Å². The second kappa shape index (κ2) is 5.20. The molecule has 0 amide bonds. The van der Waals surface area contributed by atoms with Gasteiger partial charge in [0.25, 0.3) is 0 Å². The summed E-state index contributed by atoms with van der Waals surface area (Å²) in [5.74, 6) is -9.62. The quantitative estimate of drug-likeness (QED) is 0.350. The van der Waals surface area contributed by atoms with E-state index in [0.717, 1.165) is 18.2 Å². The zero-order chi connectivity index (χ0) is 15.0. The van der Waals surface area contributed by atoms with E-state index in [2.05, 4.69) is 0 Å². The van der Waals surface area contributed by atoms with E-state index >= 15 is 0 Å². The largest absolute Gasteiger partial charge is 0.288 e. The Kier molecular flexibility index (Phi) is 3.76. The van der Waals surface area contributed by atoms with Crippen molar-refractivity contribution in [3.63, 3.8) is 0 Å².